The smallest absolute Gasteiger partial charge is 0.399 e. The van der Waals surface area contributed by atoms with Gasteiger partial charge in [-0.15, -0.1) is 0 Å². The second-order valence-corrected chi connectivity index (χ2v) is 8.89. The third-order valence-electron chi connectivity index (χ3n) is 6.78. The van der Waals surface area contributed by atoms with Crippen LogP contribution in [0.25, 0.3) is 38.1 Å². The Balaban J connectivity index is 1.76. The van der Waals surface area contributed by atoms with E-state index in [1.165, 1.54) is 38.1 Å². The lowest BCUT2D eigenvalue weighted by Crippen LogP contribution is -2.41. The molecule has 0 aliphatic carbocycles. The molecule has 0 bridgehead atoms. The lowest BCUT2D eigenvalue weighted by molar-refractivity contribution is 0.00578. The van der Waals surface area contributed by atoms with Gasteiger partial charge in [-0.3, -0.25) is 0 Å². The lowest BCUT2D eigenvalue weighted by Gasteiger charge is -2.32. The van der Waals surface area contributed by atoms with E-state index in [0.717, 1.165) is 5.46 Å². The zero-order valence-corrected chi connectivity index (χ0v) is 16.6. The fourth-order valence-electron chi connectivity index (χ4n) is 4.66. The molecule has 3 aromatic carbocycles. The highest BCUT2D eigenvalue weighted by Gasteiger charge is 2.52. The Morgan fingerprint density at radius 3 is 1.89 bits per heavy atom. The number of benzene rings is 3. The summed E-state index contributed by atoms with van der Waals surface area (Å²) >= 11 is 0. The fourth-order valence-corrected chi connectivity index (χ4v) is 4.66. The Bertz CT molecular complexity index is 1370. The van der Waals surface area contributed by atoms with Gasteiger partial charge in [0.25, 0.3) is 0 Å². The molecule has 0 amide bonds. The van der Waals surface area contributed by atoms with Crippen molar-refractivity contribution in [1.82, 2.24) is 4.40 Å². The summed E-state index contributed by atoms with van der Waals surface area (Å²) in [6, 6.07) is 21.7. The average Bonchev–Trinajstić information content (AvgIpc) is 3.25. The van der Waals surface area contributed by atoms with Crippen LogP contribution in [-0.4, -0.2) is 22.7 Å². The highest BCUT2D eigenvalue weighted by Crippen LogP contribution is 2.40. The van der Waals surface area contributed by atoms with E-state index in [-0.39, 0.29) is 18.3 Å². The molecule has 1 aliphatic rings. The van der Waals surface area contributed by atoms with Crippen LogP contribution in [0.2, 0.25) is 0 Å². The number of rotatable bonds is 1. The second-order valence-electron chi connectivity index (χ2n) is 8.89. The van der Waals surface area contributed by atoms with E-state index in [2.05, 4.69) is 92.8 Å². The van der Waals surface area contributed by atoms with Gasteiger partial charge in [-0.05, 0) is 33.8 Å². The van der Waals surface area contributed by atoms with Crippen LogP contribution in [0.1, 0.15) is 27.7 Å². The van der Waals surface area contributed by atoms with Crippen molar-refractivity contribution in [2.45, 2.75) is 38.9 Å². The van der Waals surface area contributed by atoms with Crippen LogP contribution in [0.4, 0.5) is 0 Å². The van der Waals surface area contributed by atoms with Crippen molar-refractivity contribution in [2.24, 2.45) is 0 Å². The first-order valence-electron chi connectivity index (χ1n) is 9.90. The van der Waals surface area contributed by atoms with Crippen molar-refractivity contribution >= 4 is 50.7 Å². The summed E-state index contributed by atoms with van der Waals surface area (Å²) in [4.78, 5) is 0. The largest absolute Gasteiger partial charge is 0.497 e. The third-order valence-corrected chi connectivity index (χ3v) is 6.78. The molecule has 6 rings (SSSR count). The molecule has 0 unspecified atom stereocenters. The van der Waals surface area contributed by atoms with Gasteiger partial charge in [-0.2, -0.15) is 0 Å². The van der Waals surface area contributed by atoms with Crippen molar-refractivity contribution in [3.63, 3.8) is 0 Å². The topological polar surface area (TPSA) is 22.9 Å². The quantitative estimate of drug-likeness (QED) is 0.383. The number of fused-ring (bicyclic) bond motifs is 6. The minimum Gasteiger partial charge on any atom is -0.399 e. The molecule has 1 aliphatic heterocycles. The Hall–Kier alpha value is -2.56. The molecule has 138 valence electrons. The Morgan fingerprint density at radius 1 is 0.643 bits per heavy atom. The molecule has 0 radical (unpaired) electrons. The van der Waals surface area contributed by atoms with Crippen LogP contribution in [-0.2, 0) is 9.31 Å². The van der Waals surface area contributed by atoms with E-state index in [1.54, 1.807) is 0 Å². The predicted octanol–water partition coefficient (Wildman–Crippen LogP) is 5.14. The molecule has 2 aromatic heterocycles. The Labute approximate surface area is 164 Å². The van der Waals surface area contributed by atoms with Crippen molar-refractivity contribution in [1.29, 1.82) is 0 Å². The highest BCUT2D eigenvalue weighted by molar-refractivity contribution is 6.65. The second kappa shape index (κ2) is 5.08. The van der Waals surface area contributed by atoms with Crippen molar-refractivity contribution in [3.8, 4) is 0 Å². The summed E-state index contributed by atoms with van der Waals surface area (Å²) in [5.74, 6) is 0. The minimum absolute atomic E-state index is 0.361. The maximum absolute atomic E-state index is 6.42. The summed E-state index contributed by atoms with van der Waals surface area (Å²) in [6.45, 7) is 8.42. The summed E-state index contributed by atoms with van der Waals surface area (Å²) < 4.78 is 15.2. The molecular formula is C24H22BNO2. The van der Waals surface area contributed by atoms with Crippen LogP contribution in [0, 0.1) is 0 Å². The number of hydrogen-bond acceptors (Lipinski definition) is 2. The summed E-state index contributed by atoms with van der Waals surface area (Å²) in [5, 5.41) is 5.11. The maximum Gasteiger partial charge on any atom is 0.497 e. The molecule has 4 heteroatoms. The number of hydrogen-bond donors (Lipinski definition) is 0. The van der Waals surface area contributed by atoms with E-state index in [1.807, 2.05) is 0 Å². The third kappa shape index (κ3) is 1.87. The van der Waals surface area contributed by atoms with Crippen LogP contribution < -0.4 is 5.46 Å². The van der Waals surface area contributed by atoms with Gasteiger partial charge in [-0.1, -0.05) is 54.6 Å². The monoisotopic (exact) mass is 367 g/mol. The SMILES string of the molecule is CC1(C)OB(c2cccc3c4cccc5c6ccccc6n(c23)c54)OC1(C)C. The summed E-state index contributed by atoms with van der Waals surface area (Å²) in [7, 11) is -0.384. The Kier molecular flexibility index (Phi) is 2.97. The molecule has 1 fully saturated rings. The van der Waals surface area contributed by atoms with Gasteiger partial charge in [0.1, 0.15) is 0 Å². The predicted molar refractivity (Wildman–Crippen MR) is 117 cm³/mol. The highest BCUT2D eigenvalue weighted by atomic mass is 16.7. The van der Waals surface area contributed by atoms with Gasteiger partial charge in [0.15, 0.2) is 0 Å². The molecule has 0 atom stereocenters. The lowest BCUT2D eigenvalue weighted by atomic mass is 9.77. The number of nitrogens with zero attached hydrogens (tertiary/aromatic N) is 1. The first-order valence-corrected chi connectivity index (χ1v) is 9.90. The van der Waals surface area contributed by atoms with Gasteiger partial charge in [0.2, 0.25) is 0 Å². The fraction of sp³-hybridized carbons (Fsp3) is 0.250. The van der Waals surface area contributed by atoms with Gasteiger partial charge < -0.3 is 13.7 Å². The van der Waals surface area contributed by atoms with E-state index < -0.39 is 0 Å². The zero-order chi connectivity index (χ0) is 19.3. The van der Waals surface area contributed by atoms with E-state index in [0.29, 0.717) is 0 Å². The maximum atomic E-state index is 6.42. The Morgan fingerprint density at radius 2 is 1.18 bits per heavy atom. The van der Waals surface area contributed by atoms with Crippen molar-refractivity contribution < 1.29 is 9.31 Å². The first kappa shape index (κ1) is 16.4. The standard InChI is InChI=1S/C24H22BNO2/c1-23(2)24(3,4)28-25(27-23)19-13-8-12-18-17-11-7-10-16-15-9-5-6-14-20(15)26(21(16)17)22(18)19/h5-14H,1-4H3. The van der Waals surface area contributed by atoms with Gasteiger partial charge in [0, 0.05) is 27.0 Å². The molecule has 0 N–H and O–H groups in total. The molecule has 5 aromatic rings. The summed E-state index contributed by atoms with van der Waals surface area (Å²) in [5.41, 5.74) is 4.07. The normalized spacial score (nSPS) is 18.9. The van der Waals surface area contributed by atoms with Gasteiger partial charge >= 0.3 is 7.12 Å². The number of para-hydroxylation sites is 3. The summed E-state index contributed by atoms with van der Waals surface area (Å²) in [6.07, 6.45) is 0. The number of aromatic nitrogens is 1. The van der Waals surface area contributed by atoms with Crippen molar-refractivity contribution in [2.75, 3.05) is 0 Å². The van der Waals surface area contributed by atoms with Gasteiger partial charge in [-0.25, -0.2) is 0 Å². The molecule has 1 saturated heterocycles. The van der Waals surface area contributed by atoms with Crippen LogP contribution in [0.15, 0.2) is 60.7 Å². The zero-order valence-electron chi connectivity index (χ0n) is 16.6. The average molecular weight is 367 g/mol. The molecule has 0 spiro atoms. The van der Waals surface area contributed by atoms with Crippen LogP contribution in [0.5, 0.6) is 0 Å². The van der Waals surface area contributed by atoms with Crippen LogP contribution in [0.3, 0.4) is 0 Å². The van der Waals surface area contributed by atoms with E-state index in [4.69, 9.17) is 9.31 Å². The molecular weight excluding hydrogens is 345 g/mol. The van der Waals surface area contributed by atoms with E-state index >= 15 is 0 Å². The minimum atomic E-state index is -0.384. The van der Waals surface area contributed by atoms with E-state index in [9.17, 15) is 0 Å². The molecule has 3 nitrogen and oxygen atoms in total. The van der Waals surface area contributed by atoms with Crippen molar-refractivity contribution in [3.05, 3.63) is 60.7 Å². The first-order chi connectivity index (χ1) is 13.4. The molecule has 3 heterocycles. The van der Waals surface area contributed by atoms with Crippen LogP contribution >= 0.6 is 0 Å². The molecule has 28 heavy (non-hydrogen) atoms. The van der Waals surface area contributed by atoms with Gasteiger partial charge in [0.05, 0.1) is 27.8 Å². The molecule has 0 saturated carbocycles.